The summed E-state index contributed by atoms with van der Waals surface area (Å²) in [6.45, 7) is 1.71. The van der Waals surface area contributed by atoms with Gasteiger partial charge in [0.1, 0.15) is 5.76 Å². The lowest BCUT2D eigenvalue weighted by molar-refractivity contribution is 0.0957. The lowest BCUT2D eigenvalue weighted by atomic mass is 10.2. The molecule has 0 unspecified atom stereocenters. The first kappa shape index (κ1) is 11.2. The molecule has 0 aliphatic rings. The lowest BCUT2D eigenvalue weighted by Crippen LogP contribution is -2.19. The summed E-state index contributed by atoms with van der Waals surface area (Å²) in [5.41, 5.74) is 7.36. The highest BCUT2D eigenvalue weighted by molar-refractivity contribution is 5.93. The Bertz CT molecular complexity index is 543. The molecule has 1 heterocycles. The van der Waals surface area contributed by atoms with Crippen LogP contribution in [0.2, 0.25) is 0 Å². The molecule has 2 aromatic rings. The van der Waals surface area contributed by atoms with Gasteiger partial charge in [0.05, 0.1) is 0 Å². The van der Waals surface area contributed by atoms with Crippen LogP contribution in [0.25, 0.3) is 11.5 Å². The number of benzene rings is 1. The molecule has 1 aromatic carbocycles. The molecule has 0 aliphatic heterocycles. The zero-order chi connectivity index (χ0) is 12.4. The number of carbonyl (C=O) groups excluding carboxylic acids is 1. The SMILES string of the molecule is CNC(=O)c1nc(-c2ccc(N)cc2)oc1C. The van der Waals surface area contributed by atoms with Crippen LogP contribution in [0.15, 0.2) is 28.7 Å². The number of hydrogen-bond acceptors (Lipinski definition) is 4. The molecular formula is C12H13N3O2. The van der Waals surface area contributed by atoms with Crippen molar-refractivity contribution in [3.63, 3.8) is 0 Å². The molecule has 3 N–H and O–H groups in total. The van der Waals surface area contributed by atoms with E-state index in [1.165, 1.54) is 0 Å². The van der Waals surface area contributed by atoms with Gasteiger partial charge in [-0.1, -0.05) is 0 Å². The van der Waals surface area contributed by atoms with E-state index >= 15 is 0 Å². The van der Waals surface area contributed by atoms with Crippen molar-refractivity contribution in [2.45, 2.75) is 6.92 Å². The summed E-state index contributed by atoms with van der Waals surface area (Å²) in [6.07, 6.45) is 0. The zero-order valence-corrected chi connectivity index (χ0v) is 9.65. The van der Waals surface area contributed by atoms with E-state index in [4.69, 9.17) is 10.2 Å². The van der Waals surface area contributed by atoms with Gasteiger partial charge in [-0.25, -0.2) is 4.98 Å². The van der Waals surface area contributed by atoms with E-state index in [1.807, 2.05) is 0 Å². The number of nitrogens with two attached hydrogens (primary N) is 1. The molecule has 0 atom stereocenters. The summed E-state index contributed by atoms with van der Waals surface area (Å²) >= 11 is 0. The Morgan fingerprint density at radius 3 is 2.59 bits per heavy atom. The van der Waals surface area contributed by atoms with Crippen molar-refractivity contribution in [2.24, 2.45) is 0 Å². The minimum atomic E-state index is -0.257. The quantitative estimate of drug-likeness (QED) is 0.769. The Balaban J connectivity index is 2.41. The number of aromatic nitrogens is 1. The third kappa shape index (κ3) is 2.13. The van der Waals surface area contributed by atoms with Crippen LogP contribution >= 0.6 is 0 Å². The summed E-state index contributed by atoms with van der Waals surface area (Å²) in [5.74, 6) is 0.658. The van der Waals surface area contributed by atoms with Crippen molar-refractivity contribution in [2.75, 3.05) is 12.8 Å². The number of rotatable bonds is 2. The number of carbonyl (C=O) groups is 1. The Labute approximate surface area is 98.6 Å². The van der Waals surface area contributed by atoms with Crippen molar-refractivity contribution >= 4 is 11.6 Å². The van der Waals surface area contributed by atoms with Crippen molar-refractivity contribution in [1.29, 1.82) is 0 Å². The maximum absolute atomic E-state index is 11.5. The number of oxazole rings is 1. The largest absolute Gasteiger partial charge is 0.441 e. The fourth-order valence-corrected chi connectivity index (χ4v) is 1.47. The predicted molar refractivity (Wildman–Crippen MR) is 64.5 cm³/mol. The predicted octanol–water partition coefficient (Wildman–Crippen LogP) is 1.59. The topological polar surface area (TPSA) is 81.2 Å². The molecule has 2 rings (SSSR count). The molecule has 0 saturated carbocycles. The maximum Gasteiger partial charge on any atom is 0.273 e. The first-order valence-electron chi connectivity index (χ1n) is 5.17. The summed E-state index contributed by atoms with van der Waals surface area (Å²) in [4.78, 5) is 15.6. The van der Waals surface area contributed by atoms with Gasteiger partial charge in [0.2, 0.25) is 5.89 Å². The average molecular weight is 231 g/mol. The normalized spacial score (nSPS) is 10.2. The highest BCUT2D eigenvalue weighted by atomic mass is 16.4. The zero-order valence-electron chi connectivity index (χ0n) is 9.65. The number of nitrogens with zero attached hydrogens (tertiary/aromatic N) is 1. The van der Waals surface area contributed by atoms with Crippen molar-refractivity contribution in [3.8, 4) is 11.5 Å². The van der Waals surface area contributed by atoms with Crippen LogP contribution in [0.5, 0.6) is 0 Å². The van der Waals surface area contributed by atoms with Gasteiger partial charge < -0.3 is 15.5 Å². The second-order valence-electron chi connectivity index (χ2n) is 3.62. The van der Waals surface area contributed by atoms with E-state index in [0.717, 1.165) is 5.56 Å². The third-order valence-electron chi connectivity index (χ3n) is 2.40. The Kier molecular flexibility index (Phi) is 2.82. The fraction of sp³-hybridized carbons (Fsp3) is 0.167. The summed E-state index contributed by atoms with van der Waals surface area (Å²) < 4.78 is 5.45. The second kappa shape index (κ2) is 4.29. The third-order valence-corrected chi connectivity index (χ3v) is 2.40. The van der Waals surface area contributed by atoms with Gasteiger partial charge in [0.25, 0.3) is 5.91 Å². The molecule has 0 bridgehead atoms. The van der Waals surface area contributed by atoms with Gasteiger partial charge in [-0.15, -0.1) is 0 Å². The van der Waals surface area contributed by atoms with Crippen LogP contribution in [0.1, 0.15) is 16.2 Å². The number of aryl methyl sites for hydroxylation is 1. The van der Waals surface area contributed by atoms with Crippen molar-refractivity contribution in [1.82, 2.24) is 10.3 Å². The number of nitrogen functional groups attached to an aromatic ring is 1. The summed E-state index contributed by atoms with van der Waals surface area (Å²) in [6, 6.07) is 7.12. The highest BCUT2D eigenvalue weighted by Crippen LogP contribution is 2.22. The van der Waals surface area contributed by atoms with Gasteiger partial charge in [-0.05, 0) is 31.2 Å². The van der Waals surface area contributed by atoms with E-state index in [9.17, 15) is 4.79 Å². The maximum atomic E-state index is 11.5. The molecule has 1 amide bonds. The van der Waals surface area contributed by atoms with Crippen LogP contribution < -0.4 is 11.1 Å². The van der Waals surface area contributed by atoms with Crippen LogP contribution in [0.3, 0.4) is 0 Å². The highest BCUT2D eigenvalue weighted by Gasteiger charge is 2.16. The Hall–Kier alpha value is -2.30. The first-order valence-corrected chi connectivity index (χ1v) is 5.17. The van der Waals surface area contributed by atoms with Gasteiger partial charge in [-0.3, -0.25) is 4.79 Å². The lowest BCUT2D eigenvalue weighted by Gasteiger charge is -1.95. The van der Waals surface area contributed by atoms with Crippen molar-refractivity contribution in [3.05, 3.63) is 35.7 Å². The molecule has 0 spiro atoms. The molecule has 5 nitrogen and oxygen atoms in total. The van der Waals surface area contributed by atoms with Crippen molar-refractivity contribution < 1.29 is 9.21 Å². The van der Waals surface area contributed by atoms with E-state index in [1.54, 1.807) is 38.2 Å². The molecular weight excluding hydrogens is 218 g/mol. The fourth-order valence-electron chi connectivity index (χ4n) is 1.47. The van der Waals surface area contributed by atoms with Gasteiger partial charge >= 0.3 is 0 Å². The smallest absolute Gasteiger partial charge is 0.273 e. The monoisotopic (exact) mass is 231 g/mol. The van der Waals surface area contributed by atoms with Crippen LogP contribution in [0.4, 0.5) is 5.69 Å². The molecule has 0 fully saturated rings. The van der Waals surface area contributed by atoms with Crippen LogP contribution in [-0.2, 0) is 0 Å². The van der Waals surface area contributed by atoms with Gasteiger partial charge in [0, 0.05) is 18.3 Å². The summed E-state index contributed by atoms with van der Waals surface area (Å²) in [5, 5.41) is 2.51. The molecule has 0 aliphatic carbocycles. The standard InChI is InChI=1S/C12H13N3O2/c1-7-10(11(16)14-2)15-12(17-7)8-3-5-9(13)6-4-8/h3-6H,13H2,1-2H3,(H,14,16). The number of amides is 1. The molecule has 5 heteroatoms. The van der Waals surface area contributed by atoms with Gasteiger partial charge in [0.15, 0.2) is 5.69 Å². The van der Waals surface area contributed by atoms with E-state index < -0.39 is 0 Å². The van der Waals surface area contributed by atoms with E-state index in [0.29, 0.717) is 23.0 Å². The second-order valence-corrected chi connectivity index (χ2v) is 3.62. The average Bonchev–Trinajstić information content (AvgIpc) is 2.71. The molecule has 1 aromatic heterocycles. The minimum absolute atomic E-state index is 0.257. The number of nitrogens with one attached hydrogen (secondary N) is 1. The van der Waals surface area contributed by atoms with Gasteiger partial charge in [-0.2, -0.15) is 0 Å². The molecule has 88 valence electrons. The van der Waals surface area contributed by atoms with E-state index in [-0.39, 0.29) is 5.91 Å². The summed E-state index contributed by atoms with van der Waals surface area (Å²) in [7, 11) is 1.55. The number of anilines is 1. The molecule has 0 saturated heterocycles. The Morgan fingerprint density at radius 2 is 2.00 bits per heavy atom. The Morgan fingerprint density at radius 1 is 1.35 bits per heavy atom. The number of hydrogen-bond donors (Lipinski definition) is 2. The molecule has 0 radical (unpaired) electrons. The van der Waals surface area contributed by atoms with Crippen LogP contribution in [-0.4, -0.2) is 17.9 Å². The minimum Gasteiger partial charge on any atom is -0.441 e. The molecule has 17 heavy (non-hydrogen) atoms. The van der Waals surface area contributed by atoms with Crippen LogP contribution in [0, 0.1) is 6.92 Å². The van der Waals surface area contributed by atoms with E-state index in [2.05, 4.69) is 10.3 Å². The first-order chi connectivity index (χ1) is 8.11.